The number of sulfone groups is 1. The molecule has 0 bridgehead atoms. The molecule has 34 heavy (non-hydrogen) atoms. The normalized spacial score (nSPS) is 12.3. The molecule has 0 aliphatic rings. The van der Waals surface area contributed by atoms with Crippen molar-refractivity contribution in [1.29, 1.82) is 5.26 Å². The summed E-state index contributed by atoms with van der Waals surface area (Å²) in [5, 5.41) is 14.4. The first-order valence-corrected chi connectivity index (χ1v) is 12.3. The van der Waals surface area contributed by atoms with Crippen molar-refractivity contribution in [1.82, 2.24) is 14.3 Å². The van der Waals surface area contributed by atoms with Crippen LogP contribution in [-0.2, 0) is 21.1 Å². The minimum Gasteiger partial charge on any atom is -0.443 e. The van der Waals surface area contributed by atoms with Gasteiger partial charge in [0.05, 0.1) is 22.5 Å². The molecule has 0 aliphatic carbocycles. The van der Waals surface area contributed by atoms with Crippen LogP contribution in [0.5, 0.6) is 0 Å². The highest BCUT2D eigenvalue weighted by Crippen LogP contribution is 2.32. The topological polar surface area (TPSA) is 107 Å². The predicted molar refractivity (Wildman–Crippen MR) is 125 cm³/mol. The first-order valence-electron chi connectivity index (χ1n) is 10.4. The number of ether oxygens (including phenoxy) is 1. The van der Waals surface area contributed by atoms with Crippen LogP contribution in [0.2, 0.25) is 0 Å². The molecular formula is C24H23FN4O4S. The molecule has 2 heterocycles. The number of aryl methyl sites for hydroxylation is 1. The van der Waals surface area contributed by atoms with E-state index >= 15 is 0 Å². The van der Waals surface area contributed by atoms with Gasteiger partial charge in [0.15, 0.2) is 15.7 Å². The summed E-state index contributed by atoms with van der Waals surface area (Å²) >= 11 is 0. The second kappa shape index (κ2) is 7.95. The van der Waals surface area contributed by atoms with E-state index < -0.39 is 27.3 Å². The summed E-state index contributed by atoms with van der Waals surface area (Å²) in [6.07, 6.45) is 3.65. The van der Waals surface area contributed by atoms with E-state index in [1.807, 2.05) is 0 Å². The zero-order chi connectivity index (χ0) is 25.0. The van der Waals surface area contributed by atoms with Crippen molar-refractivity contribution >= 4 is 37.7 Å². The molecule has 4 rings (SSSR count). The van der Waals surface area contributed by atoms with E-state index in [0.29, 0.717) is 27.4 Å². The first kappa shape index (κ1) is 23.4. The van der Waals surface area contributed by atoms with Gasteiger partial charge in [-0.3, -0.25) is 9.25 Å². The lowest BCUT2D eigenvalue weighted by Crippen LogP contribution is -2.26. The molecule has 176 valence electrons. The number of fused-ring (bicyclic) bond motifs is 2. The maximum absolute atomic E-state index is 14.6. The van der Waals surface area contributed by atoms with E-state index in [1.165, 1.54) is 21.4 Å². The molecule has 0 saturated carbocycles. The van der Waals surface area contributed by atoms with Crippen molar-refractivity contribution in [2.45, 2.75) is 44.7 Å². The van der Waals surface area contributed by atoms with Crippen molar-refractivity contribution in [2.75, 3.05) is 6.26 Å². The zero-order valence-corrected chi connectivity index (χ0v) is 20.2. The van der Waals surface area contributed by atoms with Crippen LogP contribution in [0.25, 0.3) is 21.8 Å². The Bertz CT molecular complexity index is 1620. The fourth-order valence-electron chi connectivity index (χ4n) is 3.95. The van der Waals surface area contributed by atoms with Gasteiger partial charge < -0.3 is 4.74 Å². The Hall–Kier alpha value is -3.71. The van der Waals surface area contributed by atoms with Crippen LogP contribution in [0.15, 0.2) is 41.6 Å². The number of carbonyl (C=O) groups is 1. The van der Waals surface area contributed by atoms with Crippen LogP contribution in [-0.4, -0.2) is 40.7 Å². The largest absolute Gasteiger partial charge is 0.443 e. The van der Waals surface area contributed by atoms with E-state index in [4.69, 9.17) is 10.00 Å². The maximum atomic E-state index is 14.6. The Morgan fingerprint density at radius 1 is 1.26 bits per heavy atom. The molecule has 10 heteroatoms. The molecule has 0 spiro atoms. The summed E-state index contributed by atoms with van der Waals surface area (Å²) in [4.78, 5) is 12.9. The zero-order valence-electron chi connectivity index (χ0n) is 19.4. The van der Waals surface area contributed by atoms with Crippen LogP contribution in [0, 0.1) is 24.1 Å². The van der Waals surface area contributed by atoms with Gasteiger partial charge in [-0.2, -0.15) is 10.4 Å². The second-order valence-corrected chi connectivity index (χ2v) is 11.2. The SMILES string of the molecule is Cc1cc(S(C)(=O)=O)c(Cn2cc3ccc(C#N)c(F)c3n2)c2ccn(C(=O)OC(C)(C)C)c12. The smallest absolute Gasteiger partial charge is 0.419 e. The van der Waals surface area contributed by atoms with Crippen molar-refractivity contribution in [3.05, 3.63) is 59.2 Å². The molecular weight excluding hydrogens is 459 g/mol. The van der Waals surface area contributed by atoms with Gasteiger partial charge >= 0.3 is 6.09 Å². The first-order chi connectivity index (χ1) is 15.8. The molecule has 0 saturated heterocycles. The number of benzene rings is 2. The molecule has 0 atom stereocenters. The van der Waals surface area contributed by atoms with E-state index in [0.717, 1.165) is 6.26 Å². The molecule has 0 N–H and O–H groups in total. The quantitative estimate of drug-likeness (QED) is 0.424. The highest BCUT2D eigenvalue weighted by atomic mass is 32.2. The molecule has 0 amide bonds. The molecule has 2 aromatic heterocycles. The Morgan fingerprint density at radius 3 is 2.59 bits per heavy atom. The number of aromatic nitrogens is 3. The van der Waals surface area contributed by atoms with Crippen LogP contribution in [0.1, 0.15) is 37.5 Å². The molecule has 2 aromatic carbocycles. The molecule has 8 nitrogen and oxygen atoms in total. The van der Waals surface area contributed by atoms with Crippen molar-refractivity contribution in [2.24, 2.45) is 0 Å². The highest BCUT2D eigenvalue weighted by Gasteiger charge is 2.25. The minimum absolute atomic E-state index is 0.00746. The van der Waals surface area contributed by atoms with Gasteiger partial charge in [0, 0.05) is 35.0 Å². The number of nitriles is 1. The van der Waals surface area contributed by atoms with Gasteiger partial charge in [0.25, 0.3) is 0 Å². The van der Waals surface area contributed by atoms with E-state index in [1.54, 1.807) is 58.3 Å². The van der Waals surface area contributed by atoms with Gasteiger partial charge in [-0.15, -0.1) is 0 Å². The minimum atomic E-state index is -3.64. The van der Waals surface area contributed by atoms with Gasteiger partial charge in [-0.25, -0.2) is 17.6 Å². The molecule has 0 unspecified atom stereocenters. The number of nitrogens with zero attached hydrogens (tertiary/aromatic N) is 4. The molecule has 0 fully saturated rings. The number of hydrogen-bond donors (Lipinski definition) is 0. The third-order valence-corrected chi connectivity index (χ3v) is 6.49. The van der Waals surface area contributed by atoms with Crippen LogP contribution in [0.4, 0.5) is 9.18 Å². The summed E-state index contributed by atoms with van der Waals surface area (Å²) in [6.45, 7) is 7.01. The Kier molecular flexibility index (Phi) is 5.49. The molecule has 0 aliphatic heterocycles. The van der Waals surface area contributed by atoms with Crippen molar-refractivity contribution in [3.8, 4) is 6.07 Å². The fraction of sp³-hybridized carbons (Fsp3) is 0.292. The second-order valence-electron chi connectivity index (χ2n) is 9.17. The van der Waals surface area contributed by atoms with Crippen LogP contribution < -0.4 is 0 Å². The molecule has 0 radical (unpaired) electrons. The summed E-state index contributed by atoms with van der Waals surface area (Å²) in [7, 11) is -3.64. The van der Waals surface area contributed by atoms with E-state index in [2.05, 4.69) is 5.10 Å². The van der Waals surface area contributed by atoms with Gasteiger partial charge in [-0.05, 0) is 57.5 Å². The number of carbonyl (C=O) groups excluding carboxylic acids is 1. The number of halogens is 1. The Balaban J connectivity index is 1.92. The lowest BCUT2D eigenvalue weighted by Gasteiger charge is -2.20. The summed E-state index contributed by atoms with van der Waals surface area (Å²) in [5.41, 5.74) is 0.714. The Labute approximate surface area is 196 Å². The van der Waals surface area contributed by atoms with E-state index in [9.17, 15) is 17.6 Å². The number of rotatable bonds is 3. The highest BCUT2D eigenvalue weighted by molar-refractivity contribution is 7.90. The summed E-state index contributed by atoms with van der Waals surface area (Å²) in [6, 6.07) is 7.92. The lowest BCUT2D eigenvalue weighted by molar-refractivity contribution is 0.0544. The monoisotopic (exact) mass is 482 g/mol. The average molecular weight is 483 g/mol. The van der Waals surface area contributed by atoms with Crippen molar-refractivity contribution in [3.63, 3.8) is 0 Å². The van der Waals surface area contributed by atoms with Gasteiger partial charge in [0.2, 0.25) is 0 Å². The summed E-state index contributed by atoms with van der Waals surface area (Å²) in [5.74, 6) is -0.729. The Morgan fingerprint density at radius 2 is 1.97 bits per heavy atom. The van der Waals surface area contributed by atoms with Crippen LogP contribution >= 0.6 is 0 Å². The standard InChI is InChI=1S/C24H23FN4O4S/c1-14-10-19(34(5,31)32)18(17-8-9-29(22(14)17)23(30)33-24(2,3)4)13-28-12-16-7-6-15(11-26)20(25)21(16)27-28/h6-10,12H,13H2,1-5H3. The van der Waals surface area contributed by atoms with Crippen LogP contribution in [0.3, 0.4) is 0 Å². The molecule has 4 aromatic rings. The maximum Gasteiger partial charge on any atom is 0.419 e. The number of hydrogen-bond acceptors (Lipinski definition) is 6. The lowest BCUT2D eigenvalue weighted by atomic mass is 10.1. The average Bonchev–Trinajstić information content (AvgIpc) is 3.33. The third-order valence-electron chi connectivity index (χ3n) is 5.32. The van der Waals surface area contributed by atoms with Gasteiger partial charge in [-0.1, -0.05) is 0 Å². The summed E-state index contributed by atoms with van der Waals surface area (Å²) < 4.78 is 48.2. The van der Waals surface area contributed by atoms with Crippen molar-refractivity contribution < 1.29 is 22.3 Å². The van der Waals surface area contributed by atoms with E-state index in [-0.39, 0.29) is 22.5 Å². The van der Waals surface area contributed by atoms with Gasteiger partial charge in [0.1, 0.15) is 17.2 Å². The fourth-order valence-corrected chi connectivity index (χ4v) is 4.97. The predicted octanol–water partition coefficient (Wildman–Crippen LogP) is 4.55. The third kappa shape index (κ3) is 4.15.